The van der Waals surface area contributed by atoms with Gasteiger partial charge in [-0.05, 0) is 55.0 Å². The molecule has 0 unspecified atom stereocenters. The molecule has 0 aliphatic heterocycles. The van der Waals surface area contributed by atoms with Gasteiger partial charge in [-0.25, -0.2) is 8.42 Å². The lowest BCUT2D eigenvalue weighted by Gasteiger charge is -2.22. The van der Waals surface area contributed by atoms with Gasteiger partial charge in [0.25, 0.3) is 21.8 Å². The molecule has 0 bridgehead atoms. The standard InChI is InChI=1S/C22H21N3O4S/c1-15-14-16(22(27)24-19-11-7-6-10-18(19)21(23)26)12-13-20(15)25(2)30(28,29)17-8-4-3-5-9-17/h3-14H,1-2H3,(H2,23,26)(H,24,27). The first-order valence-corrected chi connectivity index (χ1v) is 10.5. The predicted octanol–water partition coefficient (Wildman–Crippen LogP) is 3.17. The van der Waals surface area contributed by atoms with Gasteiger partial charge in [-0.1, -0.05) is 30.3 Å². The zero-order chi connectivity index (χ0) is 21.9. The zero-order valence-corrected chi connectivity index (χ0v) is 17.3. The Bertz CT molecular complexity index is 1210. The molecule has 2 amide bonds. The largest absolute Gasteiger partial charge is 0.366 e. The fourth-order valence-corrected chi connectivity index (χ4v) is 4.31. The summed E-state index contributed by atoms with van der Waals surface area (Å²) in [6.07, 6.45) is 0. The molecule has 3 rings (SSSR count). The Morgan fingerprint density at radius 3 is 2.20 bits per heavy atom. The summed E-state index contributed by atoms with van der Waals surface area (Å²) >= 11 is 0. The molecule has 8 heteroatoms. The van der Waals surface area contributed by atoms with Gasteiger partial charge in [0.05, 0.1) is 21.8 Å². The first-order chi connectivity index (χ1) is 14.2. The summed E-state index contributed by atoms with van der Waals surface area (Å²) in [6, 6.07) is 19.2. The van der Waals surface area contributed by atoms with Crippen LogP contribution in [0.4, 0.5) is 11.4 Å². The van der Waals surface area contributed by atoms with Crippen LogP contribution in [0.25, 0.3) is 0 Å². The van der Waals surface area contributed by atoms with Crippen LogP contribution in [-0.4, -0.2) is 27.3 Å². The number of nitrogens with one attached hydrogen (secondary N) is 1. The van der Waals surface area contributed by atoms with Crippen LogP contribution in [0.15, 0.2) is 77.7 Å². The number of benzene rings is 3. The minimum absolute atomic E-state index is 0.178. The zero-order valence-electron chi connectivity index (χ0n) is 16.5. The third-order valence-electron chi connectivity index (χ3n) is 4.64. The highest BCUT2D eigenvalue weighted by molar-refractivity contribution is 7.92. The Morgan fingerprint density at radius 2 is 1.57 bits per heavy atom. The molecular weight excluding hydrogens is 402 g/mol. The van der Waals surface area contributed by atoms with Gasteiger partial charge in [-0.3, -0.25) is 13.9 Å². The topological polar surface area (TPSA) is 110 Å². The number of aryl methyl sites for hydroxylation is 1. The Morgan fingerprint density at radius 1 is 0.933 bits per heavy atom. The van der Waals surface area contributed by atoms with Crippen LogP contribution in [0, 0.1) is 6.92 Å². The number of rotatable bonds is 6. The summed E-state index contributed by atoms with van der Waals surface area (Å²) in [5.41, 5.74) is 7.23. The lowest BCUT2D eigenvalue weighted by Crippen LogP contribution is -2.27. The van der Waals surface area contributed by atoms with Crippen LogP contribution < -0.4 is 15.4 Å². The Kier molecular flexibility index (Phi) is 5.89. The third-order valence-corrected chi connectivity index (χ3v) is 6.43. The molecule has 0 atom stereocenters. The molecule has 0 saturated carbocycles. The molecule has 0 aromatic heterocycles. The molecule has 0 fully saturated rings. The molecule has 3 N–H and O–H groups in total. The van der Waals surface area contributed by atoms with E-state index in [1.165, 1.54) is 35.6 Å². The van der Waals surface area contributed by atoms with E-state index in [1.54, 1.807) is 55.5 Å². The fraction of sp³-hybridized carbons (Fsp3) is 0.0909. The third kappa shape index (κ3) is 4.18. The molecule has 0 radical (unpaired) electrons. The van der Waals surface area contributed by atoms with Gasteiger partial charge in [0.15, 0.2) is 0 Å². The van der Waals surface area contributed by atoms with Crippen molar-refractivity contribution in [3.63, 3.8) is 0 Å². The number of sulfonamides is 1. The quantitative estimate of drug-likeness (QED) is 0.634. The maximum atomic E-state index is 12.8. The van der Waals surface area contributed by atoms with Crippen LogP contribution in [0.2, 0.25) is 0 Å². The van der Waals surface area contributed by atoms with Crippen molar-refractivity contribution in [3.8, 4) is 0 Å². The second-order valence-corrected chi connectivity index (χ2v) is 8.62. The number of hydrogen-bond donors (Lipinski definition) is 2. The summed E-state index contributed by atoms with van der Waals surface area (Å²) in [4.78, 5) is 24.4. The molecule has 0 heterocycles. The highest BCUT2D eigenvalue weighted by Crippen LogP contribution is 2.26. The van der Waals surface area contributed by atoms with E-state index in [2.05, 4.69) is 5.32 Å². The monoisotopic (exact) mass is 423 g/mol. The molecule has 3 aromatic rings. The van der Waals surface area contributed by atoms with E-state index < -0.39 is 21.8 Å². The summed E-state index contributed by atoms with van der Waals surface area (Å²) in [6.45, 7) is 1.72. The lowest BCUT2D eigenvalue weighted by molar-refractivity contribution is 0.100. The smallest absolute Gasteiger partial charge is 0.264 e. The molecule has 0 spiro atoms. The van der Waals surface area contributed by atoms with Gasteiger partial charge >= 0.3 is 0 Å². The number of nitrogens with zero attached hydrogens (tertiary/aromatic N) is 1. The van der Waals surface area contributed by atoms with E-state index in [0.29, 0.717) is 22.5 Å². The number of nitrogens with two attached hydrogens (primary N) is 1. The van der Waals surface area contributed by atoms with Gasteiger partial charge in [-0.2, -0.15) is 0 Å². The van der Waals surface area contributed by atoms with E-state index in [4.69, 9.17) is 5.73 Å². The normalized spacial score (nSPS) is 11.0. The number of carbonyl (C=O) groups excluding carboxylic acids is 2. The summed E-state index contributed by atoms with van der Waals surface area (Å²) in [5, 5.41) is 2.67. The van der Waals surface area contributed by atoms with Gasteiger partial charge in [0.1, 0.15) is 0 Å². The Hall–Kier alpha value is -3.65. The van der Waals surface area contributed by atoms with Crippen molar-refractivity contribution in [3.05, 3.63) is 89.5 Å². The highest BCUT2D eigenvalue weighted by atomic mass is 32.2. The number of anilines is 2. The molecule has 0 aliphatic carbocycles. The van der Waals surface area contributed by atoms with E-state index in [-0.39, 0.29) is 10.5 Å². The number of carbonyl (C=O) groups is 2. The van der Waals surface area contributed by atoms with Crippen molar-refractivity contribution in [2.45, 2.75) is 11.8 Å². The minimum atomic E-state index is -3.73. The van der Waals surface area contributed by atoms with Gasteiger partial charge in [0.2, 0.25) is 0 Å². The molecular formula is C22H21N3O4S. The average Bonchev–Trinajstić information content (AvgIpc) is 2.74. The predicted molar refractivity (Wildman–Crippen MR) is 116 cm³/mol. The molecule has 0 saturated heterocycles. The van der Waals surface area contributed by atoms with E-state index in [9.17, 15) is 18.0 Å². The van der Waals surface area contributed by atoms with Gasteiger partial charge < -0.3 is 11.1 Å². The van der Waals surface area contributed by atoms with Crippen molar-refractivity contribution in [2.75, 3.05) is 16.7 Å². The van der Waals surface area contributed by atoms with Crippen molar-refractivity contribution >= 4 is 33.2 Å². The van der Waals surface area contributed by atoms with Crippen LogP contribution in [0.5, 0.6) is 0 Å². The van der Waals surface area contributed by atoms with E-state index in [0.717, 1.165) is 0 Å². The van der Waals surface area contributed by atoms with Gasteiger partial charge in [-0.15, -0.1) is 0 Å². The number of hydrogen-bond acceptors (Lipinski definition) is 4. The van der Waals surface area contributed by atoms with E-state index in [1.807, 2.05) is 0 Å². The van der Waals surface area contributed by atoms with Crippen molar-refractivity contribution < 1.29 is 18.0 Å². The second-order valence-electron chi connectivity index (χ2n) is 6.65. The summed E-state index contributed by atoms with van der Waals surface area (Å²) in [7, 11) is -2.26. The van der Waals surface area contributed by atoms with Crippen LogP contribution in [-0.2, 0) is 10.0 Å². The van der Waals surface area contributed by atoms with Gasteiger partial charge in [0, 0.05) is 12.6 Å². The van der Waals surface area contributed by atoms with Crippen molar-refractivity contribution in [1.29, 1.82) is 0 Å². The highest BCUT2D eigenvalue weighted by Gasteiger charge is 2.23. The SMILES string of the molecule is Cc1cc(C(=O)Nc2ccccc2C(N)=O)ccc1N(C)S(=O)(=O)c1ccccc1. The molecule has 3 aromatic carbocycles. The lowest BCUT2D eigenvalue weighted by atomic mass is 10.1. The fourth-order valence-electron chi connectivity index (χ4n) is 3.03. The first-order valence-electron chi connectivity index (χ1n) is 9.06. The van der Waals surface area contributed by atoms with Crippen LogP contribution in [0.3, 0.4) is 0 Å². The number of para-hydroxylation sites is 1. The molecule has 7 nitrogen and oxygen atoms in total. The molecule has 0 aliphatic rings. The molecule has 30 heavy (non-hydrogen) atoms. The Balaban J connectivity index is 1.87. The summed E-state index contributed by atoms with van der Waals surface area (Å²) in [5.74, 6) is -1.09. The molecule has 154 valence electrons. The number of primary amides is 1. The van der Waals surface area contributed by atoms with E-state index >= 15 is 0 Å². The van der Waals surface area contributed by atoms with Crippen molar-refractivity contribution in [2.24, 2.45) is 5.73 Å². The number of amides is 2. The van der Waals surface area contributed by atoms with Crippen molar-refractivity contribution in [1.82, 2.24) is 0 Å². The van der Waals surface area contributed by atoms with Crippen LogP contribution in [0.1, 0.15) is 26.3 Å². The Labute approximate surface area is 175 Å². The summed E-state index contributed by atoms with van der Waals surface area (Å²) < 4.78 is 26.9. The maximum Gasteiger partial charge on any atom is 0.264 e. The average molecular weight is 423 g/mol. The maximum absolute atomic E-state index is 12.8. The first kappa shape index (κ1) is 21.1. The van der Waals surface area contributed by atoms with Crippen LogP contribution >= 0.6 is 0 Å². The minimum Gasteiger partial charge on any atom is -0.366 e. The second kappa shape index (κ2) is 8.38.